The van der Waals surface area contributed by atoms with Gasteiger partial charge in [-0.2, -0.15) is 27.8 Å². The summed E-state index contributed by atoms with van der Waals surface area (Å²) in [6.07, 6.45) is 5.62. The van der Waals surface area contributed by atoms with Crippen molar-refractivity contribution in [2.24, 2.45) is 0 Å². The summed E-state index contributed by atoms with van der Waals surface area (Å²) in [4.78, 5) is 31.7. The van der Waals surface area contributed by atoms with Crippen molar-refractivity contribution in [3.8, 4) is 11.8 Å². The van der Waals surface area contributed by atoms with Crippen LogP contribution in [0.5, 0.6) is 11.8 Å². The van der Waals surface area contributed by atoms with Crippen molar-refractivity contribution < 1.29 is 31.8 Å². The van der Waals surface area contributed by atoms with E-state index in [1.807, 2.05) is 29.8 Å². The molecule has 4 aliphatic heterocycles. The summed E-state index contributed by atoms with van der Waals surface area (Å²) >= 11 is 0. The number of nitrogens with one attached hydrogen (secondary N) is 1. The maximum atomic E-state index is 15.4. The highest BCUT2D eigenvalue weighted by Gasteiger charge is 2.50. The molecule has 6 heterocycles. The number of carbonyl (C=O) groups excluding carboxylic acids is 1. The molecule has 0 aliphatic carbocycles. The maximum Gasteiger partial charge on any atom is 0.318 e. The summed E-state index contributed by atoms with van der Waals surface area (Å²) in [7, 11) is 4.54. The number of halogens is 1. The molecule has 0 radical (unpaired) electrons. The fourth-order valence-electron chi connectivity index (χ4n) is 9.53. The molecular formula is C42H57FN10O6S. The van der Waals surface area contributed by atoms with Crippen LogP contribution >= 0.6 is 0 Å². The topological polar surface area (TPSA) is 151 Å². The van der Waals surface area contributed by atoms with E-state index in [9.17, 15) is 13.2 Å². The maximum absolute atomic E-state index is 15.4. The van der Waals surface area contributed by atoms with Crippen LogP contribution in [0.4, 0.5) is 15.9 Å². The Morgan fingerprint density at radius 2 is 1.83 bits per heavy atom. The van der Waals surface area contributed by atoms with Crippen LogP contribution in [0.1, 0.15) is 72.0 Å². The van der Waals surface area contributed by atoms with Crippen LogP contribution in [0.3, 0.4) is 0 Å². The van der Waals surface area contributed by atoms with E-state index in [0.29, 0.717) is 69.2 Å². The molecule has 324 valence electrons. The Bertz CT molecular complexity index is 2360. The lowest BCUT2D eigenvalue weighted by Crippen LogP contribution is -2.50. The molecule has 0 unspecified atom stereocenters. The number of hydrogen-bond acceptors (Lipinski definition) is 12. The van der Waals surface area contributed by atoms with Gasteiger partial charge in [0.1, 0.15) is 24.0 Å². The second kappa shape index (κ2) is 17.0. The molecule has 0 saturated carbocycles. The smallest absolute Gasteiger partial charge is 0.318 e. The van der Waals surface area contributed by atoms with Gasteiger partial charge in [-0.1, -0.05) is 13.0 Å². The average molecular weight is 849 g/mol. The normalized spacial score (nSPS) is 20.6. The van der Waals surface area contributed by atoms with Crippen LogP contribution in [-0.4, -0.2) is 135 Å². The number of fused-ring (bicyclic) bond motifs is 4. The van der Waals surface area contributed by atoms with Gasteiger partial charge in [-0.05, 0) is 80.6 Å². The fraction of sp³-hybridized carbons (Fsp3) is 0.571. The molecule has 2 aromatic heterocycles. The minimum absolute atomic E-state index is 0.0573. The molecule has 8 rings (SSSR count). The van der Waals surface area contributed by atoms with Gasteiger partial charge in [-0.25, -0.2) is 9.11 Å². The molecule has 2 saturated heterocycles. The Kier molecular flexibility index (Phi) is 11.9. The summed E-state index contributed by atoms with van der Waals surface area (Å²) < 4.78 is 64.4. The van der Waals surface area contributed by atoms with Crippen LogP contribution in [0.2, 0.25) is 0 Å². The first-order chi connectivity index (χ1) is 28.8. The SMILES string of the molecule is CCc1c(F)ccc2cc(OCOC)cc(N3CCc4c(nc(OC[C@]56CCCN5[C@H](CNS(=O)(=O)N(C)C)CC6)nc4N4CCCn5nc(C(=O)N(C)C)cc5C4)C3)c12. The van der Waals surface area contributed by atoms with Crippen LogP contribution in [0.15, 0.2) is 30.3 Å². The lowest BCUT2D eigenvalue weighted by atomic mass is 9.95. The average Bonchev–Trinajstić information content (AvgIpc) is 3.90. The van der Waals surface area contributed by atoms with Crippen molar-refractivity contribution in [3.05, 3.63) is 64.4 Å². The van der Waals surface area contributed by atoms with Crippen molar-refractivity contribution >= 4 is 38.4 Å². The monoisotopic (exact) mass is 848 g/mol. The van der Waals surface area contributed by atoms with Gasteiger partial charge in [0.25, 0.3) is 16.1 Å². The molecule has 0 bridgehead atoms. The third kappa shape index (κ3) is 8.11. The van der Waals surface area contributed by atoms with E-state index in [1.165, 1.54) is 29.4 Å². The van der Waals surface area contributed by atoms with E-state index in [0.717, 1.165) is 84.4 Å². The molecule has 16 nitrogen and oxygen atoms in total. The number of nitrogens with zero attached hydrogens (tertiary/aromatic N) is 9. The molecule has 18 heteroatoms. The lowest BCUT2D eigenvalue weighted by molar-refractivity contribution is 0.0512. The number of aryl methyl sites for hydroxylation is 2. The number of anilines is 2. The van der Waals surface area contributed by atoms with Crippen LogP contribution in [0, 0.1) is 5.82 Å². The standard InChI is InChI=1S/C42H57FN10O6S/c1-7-32-34(43)11-10-28-20-31(59-27-57-6)22-37(38(28)32)50-19-13-33-36(25-50)45-41(46-39(33)51-16-9-18-53-30(24-51)21-35(47-53)40(54)48(2)3)58-26-42-14-8-17-52(42)29(12-15-42)23-44-60(55,56)49(4)5/h10-11,20-22,29,44H,7-9,12-19,23-27H2,1-6H3/t29-,42+/m0/s1. The van der Waals surface area contributed by atoms with E-state index in [-0.39, 0.29) is 36.1 Å². The highest BCUT2D eigenvalue weighted by molar-refractivity contribution is 7.87. The second-order valence-electron chi connectivity index (χ2n) is 16.8. The highest BCUT2D eigenvalue weighted by Crippen LogP contribution is 2.43. The van der Waals surface area contributed by atoms with Crippen molar-refractivity contribution in [3.63, 3.8) is 0 Å². The van der Waals surface area contributed by atoms with E-state index >= 15 is 4.39 Å². The van der Waals surface area contributed by atoms with E-state index in [1.54, 1.807) is 27.3 Å². The third-order valence-electron chi connectivity index (χ3n) is 12.6. The first-order valence-corrected chi connectivity index (χ1v) is 22.4. The Labute approximate surface area is 351 Å². The van der Waals surface area contributed by atoms with Gasteiger partial charge >= 0.3 is 6.01 Å². The number of ether oxygens (including phenoxy) is 3. The first-order valence-electron chi connectivity index (χ1n) is 20.9. The van der Waals surface area contributed by atoms with Crippen molar-refractivity contribution in [2.45, 2.75) is 83.1 Å². The molecule has 2 aromatic carbocycles. The zero-order chi connectivity index (χ0) is 42.3. The number of rotatable bonds is 14. The van der Waals surface area contributed by atoms with Crippen LogP contribution in [0.25, 0.3) is 10.8 Å². The van der Waals surface area contributed by atoms with Crippen LogP contribution in [-0.2, 0) is 47.4 Å². The fourth-order valence-corrected chi connectivity index (χ4v) is 10.2. The largest absolute Gasteiger partial charge is 0.467 e. The summed E-state index contributed by atoms with van der Waals surface area (Å²) in [5.41, 5.74) is 4.46. The number of methoxy groups -OCH3 is 1. The molecule has 2 fully saturated rings. The number of hydrogen-bond donors (Lipinski definition) is 1. The van der Waals surface area contributed by atoms with Gasteiger partial charge in [0.2, 0.25) is 0 Å². The van der Waals surface area contributed by atoms with Gasteiger partial charge in [0.15, 0.2) is 12.5 Å². The number of benzene rings is 2. The summed E-state index contributed by atoms with van der Waals surface area (Å²) in [6.45, 7) is 6.59. The van der Waals surface area contributed by atoms with E-state index in [4.69, 9.17) is 24.2 Å². The zero-order valence-electron chi connectivity index (χ0n) is 35.5. The predicted molar refractivity (Wildman–Crippen MR) is 226 cm³/mol. The molecule has 2 atom stereocenters. The van der Waals surface area contributed by atoms with E-state index in [2.05, 4.69) is 24.5 Å². The van der Waals surface area contributed by atoms with Gasteiger partial charge in [0, 0.05) is 90.2 Å². The van der Waals surface area contributed by atoms with E-state index < -0.39 is 10.2 Å². The molecule has 1 amide bonds. The first kappa shape index (κ1) is 42.1. The van der Waals surface area contributed by atoms with Crippen LogP contribution < -0.4 is 24.0 Å². The molecule has 60 heavy (non-hydrogen) atoms. The van der Waals surface area contributed by atoms with Gasteiger partial charge in [0.05, 0.1) is 30.0 Å². The lowest BCUT2D eigenvalue weighted by Gasteiger charge is -2.36. The van der Waals surface area contributed by atoms with Crippen molar-refractivity contribution in [1.29, 1.82) is 0 Å². The summed E-state index contributed by atoms with van der Waals surface area (Å²) in [6, 6.07) is 9.44. The Morgan fingerprint density at radius 3 is 2.60 bits per heavy atom. The Morgan fingerprint density at radius 1 is 1.00 bits per heavy atom. The summed E-state index contributed by atoms with van der Waals surface area (Å²) in [5.74, 6) is 1.05. The van der Waals surface area contributed by atoms with Crippen molar-refractivity contribution in [2.75, 3.05) is 84.7 Å². The van der Waals surface area contributed by atoms with Gasteiger partial charge in [-0.15, -0.1) is 0 Å². The predicted octanol–water partition coefficient (Wildman–Crippen LogP) is 3.96. The second-order valence-corrected chi connectivity index (χ2v) is 18.7. The molecule has 1 N–H and O–H groups in total. The zero-order valence-corrected chi connectivity index (χ0v) is 36.4. The molecular weight excluding hydrogens is 792 g/mol. The minimum Gasteiger partial charge on any atom is -0.467 e. The minimum atomic E-state index is -3.55. The number of aromatic nitrogens is 4. The summed E-state index contributed by atoms with van der Waals surface area (Å²) in [5, 5.41) is 6.40. The quantitative estimate of drug-likeness (QED) is 0.183. The molecule has 4 aromatic rings. The number of amides is 1. The highest BCUT2D eigenvalue weighted by atomic mass is 32.2. The van der Waals surface area contributed by atoms with Gasteiger partial charge < -0.3 is 28.9 Å². The third-order valence-corrected chi connectivity index (χ3v) is 14.1. The molecule has 0 spiro atoms. The van der Waals surface area contributed by atoms with Crippen molar-refractivity contribution in [1.82, 2.24) is 38.6 Å². The molecule has 4 aliphatic rings. The Hall–Kier alpha value is -4.62. The Balaban J connectivity index is 1.14. The van der Waals surface area contributed by atoms with Gasteiger partial charge in [-0.3, -0.25) is 14.4 Å². The number of carbonyl (C=O) groups is 1.